The van der Waals surface area contributed by atoms with Gasteiger partial charge in [0.2, 0.25) is 0 Å². The number of halogens is 1. The molecule has 1 heterocycles. The van der Waals surface area contributed by atoms with Crippen LogP contribution in [0.5, 0.6) is 0 Å². The third-order valence-corrected chi connectivity index (χ3v) is 6.16. The fourth-order valence-electron chi connectivity index (χ4n) is 3.26. The Morgan fingerprint density at radius 2 is 1.92 bits per heavy atom. The molecule has 1 aromatic carbocycles. The molecule has 0 radical (unpaired) electrons. The number of anilines is 2. The first-order valence-corrected chi connectivity index (χ1v) is 12.2. The summed E-state index contributed by atoms with van der Waals surface area (Å²) >= 11 is 0. The van der Waals surface area contributed by atoms with E-state index in [-0.39, 0.29) is 5.69 Å². The third-order valence-electron chi connectivity index (χ3n) is 6.16. The minimum absolute atomic E-state index is 0.0679. The van der Waals surface area contributed by atoms with Gasteiger partial charge in [-0.3, -0.25) is 0 Å². The van der Waals surface area contributed by atoms with Crippen molar-refractivity contribution in [3.05, 3.63) is 65.2 Å². The van der Waals surface area contributed by atoms with Gasteiger partial charge >= 0.3 is 0 Å². The monoisotopic (exact) mass is 512 g/mol. The number of hydrogen-bond acceptors (Lipinski definition) is 8. The minimum atomic E-state index is -0.452. The summed E-state index contributed by atoms with van der Waals surface area (Å²) < 4.78 is 13.5. The first kappa shape index (κ1) is 31.3. The van der Waals surface area contributed by atoms with Gasteiger partial charge < -0.3 is 37.8 Å². The fraction of sp³-hybridized carbons (Fsp3) is 0.393. The third kappa shape index (κ3) is 10.8. The SMILES string of the molecule is C=O.CC1(CCN)CC1.CNc1cc(/C(N)=C/C(=C\N)c2cc(N)c(F)cc2C)ccn1.O=CC1CC1. The number of nitrogens with zero attached hydrogens (tertiary/aromatic N) is 1. The van der Waals surface area contributed by atoms with Gasteiger partial charge in [0.15, 0.2) is 0 Å². The topological polar surface area (TPSA) is 163 Å². The molecule has 37 heavy (non-hydrogen) atoms. The summed E-state index contributed by atoms with van der Waals surface area (Å²) in [5.41, 5.74) is 27.1. The van der Waals surface area contributed by atoms with Crippen LogP contribution in [0.2, 0.25) is 0 Å². The average Bonchev–Trinajstić information content (AvgIpc) is 3.85. The van der Waals surface area contributed by atoms with Crippen molar-refractivity contribution in [1.82, 2.24) is 4.98 Å². The first-order valence-electron chi connectivity index (χ1n) is 12.2. The smallest absolute Gasteiger partial charge is 0.146 e. The molecule has 9 heteroatoms. The summed E-state index contributed by atoms with van der Waals surface area (Å²) in [6, 6.07) is 6.56. The van der Waals surface area contributed by atoms with E-state index in [4.69, 9.17) is 27.7 Å². The van der Waals surface area contributed by atoms with Gasteiger partial charge in [-0.25, -0.2) is 9.37 Å². The van der Waals surface area contributed by atoms with E-state index < -0.39 is 5.82 Å². The molecule has 8 nitrogen and oxygen atoms in total. The second-order valence-corrected chi connectivity index (χ2v) is 9.41. The van der Waals surface area contributed by atoms with Gasteiger partial charge in [0, 0.05) is 36.6 Å². The zero-order valence-corrected chi connectivity index (χ0v) is 22.1. The molecule has 0 saturated heterocycles. The second kappa shape index (κ2) is 15.4. The summed E-state index contributed by atoms with van der Waals surface area (Å²) in [5.74, 6) is 0.710. The van der Waals surface area contributed by atoms with E-state index in [0.717, 1.165) is 42.4 Å². The number of carbonyl (C=O) groups is 2. The van der Waals surface area contributed by atoms with E-state index in [1.165, 1.54) is 31.5 Å². The van der Waals surface area contributed by atoms with Gasteiger partial charge in [-0.2, -0.15) is 0 Å². The normalized spacial score (nSPS) is 15.5. The van der Waals surface area contributed by atoms with E-state index in [2.05, 4.69) is 17.2 Å². The van der Waals surface area contributed by atoms with Crippen LogP contribution in [0, 0.1) is 24.1 Å². The molecule has 2 aliphatic carbocycles. The lowest BCUT2D eigenvalue weighted by molar-refractivity contribution is -0.108. The Balaban J connectivity index is 0.000000395. The van der Waals surface area contributed by atoms with Crippen molar-refractivity contribution < 1.29 is 14.0 Å². The van der Waals surface area contributed by atoms with Crippen molar-refractivity contribution in [3.63, 3.8) is 0 Å². The molecule has 0 atom stereocenters. The molecule has 202 valence electrons. The second-order valence-electron chi connectivity index (χ2n) is 9.41. The highest BCUT2D eigenvalue weighted by Gasteiger charge is 2.35. The number of nitrogen functional groups attached to an aromatic ring is 1. The summed E-state index contributed by atoms with van der Waals surface area (Å²) in [4.78, 5) is 21.7. The Morgan fingerprint density at radius 1 is 1.27 bits per heavy atom. The number of benzene rings is 1. The van der Waals surface area contributed by atoms with E-state index >= 15 is 0 Å². The van der Waals surface area contributed by atoms with Crippen LogP contribution in [0.25, 0.3) is 11.3 Å². The standard InChI is InChI=1S/C17H20FN5.C6H13N.C4H6O.CH2O/c1-10-5-14(18)16(21)8-13(10)12(9-19)6-15(20)11-3-4-23-17(7-11)22-2;1-6(2-3-6)4-5-7;5-3-4-1-2-4;1-2/h3-9H,19-21H2,1-2H3,(H,22,23);2-5,7H2,1H3;3-4H,1-2H2;1H2/b12-9+,15-6-;;;. The van der Waals surface area contributed by atoms with Crippen LogP contribution >= 0.6 is 0 Å². The van der Waals surface area contributed by atoms with Gasteiger partial charge in [-0.15, -0.1) is 0 Å². The van der Waals surface area contributed by atoms with E-state index in [1.54, 1.807) is 38.4 Å². The van der Waals surface area contributed by atoms with Crippen molar-refractivity contribution in [1.29, 1.82) is 0 Å². The Bertz CT molecular complexity index is 1080. The Kier molecular flexibility index (Phi) is 13.0. The molecule has 2 aliphatic rings. The van der Waals surface area contributed by atoms with Crippen LogP contribution in [-0.4, -0.2) is 31.7 Å². The number of aromatic nitrogens is 1. The lowest BCUT2D eigenvalue weighted by Gasteiger charge is -2.11. The number of rotatable bonds is 7. The van der Waals surface area contributed by atoms with Crippen molar-refractivity contribution in [2.75, 3.05) is 24.6 Å². The molecule has 2 aromatic rings. The molecule has 0 unspecified atom stereocenters. The number of nitrogens with two attached hydrogens (primary N) is 4. The van der Waals surface area contributed by atoms with Gasteiger partial charge in [0.1, 0.15) is 24.7 Å². The molecule has 9 N–H and O–H groups in total. The lowest BCUT2D eigenvalue weighted by atomic mass is 9.98. The molecule has 2 fully saturated rings. The highest BCUT2D eigenvalue weighted by atomic mass is 19.1. The molecule has 0 amide bonds. The van der Waals surface area contributed by atoms with Crippen molar-refractivity contribution >= 4 is 35.9 Å². The van der Waals surface area contributed by atoms with E-state index in [0.29, 0.717) is 28.4 Å². The molecular weight excluding hydrogens is 471 g/mol. The Morgan fingerprint density at radius 3 is 2.35 bits per heavy atom. The molecular formula is C28H41FN6O2. The molecule has 4 rings (SSSR count). The van der Waals surface area contributed by atoms with Gasteiger partial charge in [-0.05, 0) is 98.0 Å². The van der Waals surface area contributed by atoms with Crippen LogP contribution in [-0.2, 0) is 9.59 Å². The highest BCUT2D eigenvalue weighted by Crippen LogP contribution is 2.47. The zero-order chi connectivity index (χ0) is 28.0. The quantitative estimate of drug-likeness (QED) is 0.211. The average molecular weight is 513 g/mol. The minimum Gasteiger partial charge on any atom is -0.404 e. The summed E-state index contributed by atoms with van der Waals surface area (Å²) in [6.07, 6.45) is 12.2. The Hall–Kier alpha value is -3.72. The number of carbonyl (C=O) groups excluding carboxylic acids is 2. The summed E-state index contributed by atoms with van der Waals surface area (Å²) in [5, 5.41) is 2.95. The maximum absolute atomic E-state index is 13.5. The van der Waals surface area contributed by atoms with Crippen LogP contribution in [0.4, 0.5) is 15.9 Å². The first-order chi connectivity index (χ1) is 17.7. The highest BCUT2D eigenvalue weighted by molar-refractivity contribution is 5.85. The maximum Gasteiger partial charge on any atom is 0.146 e. The van der Waals surface area contributed by atoms with E-state index in [9.17, 15) is 9.18 Å². The number of nitrogens with one attached hydrogen (secondary N) is 1. The van der Waals surface area contributed by atoms with Crippen LogP contribution in [0.3, 0.4) is 0 Å². The molecule has 0 aliphatic heterocycles. The van der Waals surface area contributed by atoms with Gasteiger partial charge in [0.25, 0.3) is 0 Å². The van der Waals surface area contributed by atoms with Gasteiger partial charge in [-0.1, -0.05) is 6.92 Å². The number of allylic oxidation sites excluding steroid dienone is 2. The zero-order valence-electron chi connectivity index (χ0n) is 22.1. The predicted molar refractivity (Wildman–Crippen MR) is 151 cm³/mol. The summed E-state index contributed by atoms with van der Waals surface area (Å²) in [6.45, 7) is 6.97. The van der Waals surface area contributed by atoms with Gasteiger partial charge in [0.05, 0.1) is 5.69 Å². The number of hydrogen-bond donors (Lipinski definition) is 5. The fourth-order valence-corrected chi connectivity index (χ4v) is 3.26. The van der Waals surface area contributed by atoms with Crippen molar-refractivity contribution in [2.24, 2.45) is 28.5 Å². The Labute approximate surface area is 219 Å². The molecule has 2 saturated carbocycles. The number of pyridine rings is 1. The number of aldehydes is 1. The molecule has 0 bridgehead atoms. The predicted octanol–water partition coefficient (Wildman–Crippen LogP) is 4.00. The van der Waals surface area contributed by atoms with E-state index in [1.807, 2.05) is 12.9 Å². The van der Waals surface area contributed by atoms with Crippen LogP contribution in [0.15, 0.2) is 42.7 Å². The molecule has 1 aromatic heterocycles. The van der Waals surface area contributed by atoms with Crippen molar-refractivity contribution in [2.45, 2.75) is 46.0 Å². The van der Waals surface area contributed by atoms with Crippen LogP contribution < -0.4 is 28.3 Å². The van der Waals surface area contributed by atoms with Crippen molar-refractivity contribution in [3.8, 4) is 0 Å². The maximum atomic E-state index is 13.5. The molecule has 0 spiro atoms. The lowest BCUT2D eigenvalue weighted by Crippen LogP contribution is -2.04. The number of aryl methyl sites for hydroxylation is 1. The van der Waals surface area contributed by atoms with Crippen LogP contribution in [0.1, 0.15) is 55.7 Å². The summed E-state index contributed by atoms with van der Waals surface area (Å²) in [7, 11) is 1.78. The largest absolute Gasteiger partial charge is 0.404 e.